The zero-order valence-corrected chi connectivity index (χ0v) is 20.0. The number of carbonyl (C=O) groups excluding carboxylic acids is 2. The van der Waals surface area contributed by atoms with Crippen LogP contribution in [0, 0.1) is 23.2 Å². The van der Waals surface area contributed by atoms with Gasteiger partial charge in [0.2, 0.25) is 5.91 Å². The lowest BCUT2D eigenvalue weighted by atomic mass is 9.57. The van der Waals surface area contributed by atoms with Gasteiger partial charge in [0.1, 0.15) is 6.29 Å². The van der Waals surface area contributed by atoms with Crippen LogP contribution in [0.5, 0.6) is 0 Å². The predicted molar refractivity (Wildman–Crippen MR) is 127 cm³/mol. The molecule has 5 nitrogen and oxygen atoms in total. The van der Waals surface area contributed by atoms with E-state index >= 15 is 0 Å². The van der Waals surface area contributed by atoms with Gasteiger partial charge >= 0.3 is 0 Å². The van der Waals surface area contributed by atoms with Gasteiger partial charge in [0.25, 0.3) is 0 Å². The summed E-state index contributed by atoms with van der Waals surface area (Å²) in [6.07, 6.45) is 9.81. The number of amides is 1. The highest BCUT2D eigenvalue weighted by atomic mass is 32.2. The van der Waals surface area contributed by atoms with E-state index in [9.17, 15) is 9.59 Å². The number of carbonyl (C=O) groups is 2. The summed E-state index contributed by atoms with van der Waals surface area (Å²) in [7, 11) is 2.04. The topological polar surface area (TPSA) is 84.2 Å². The number of primary amides is 1. The standard InChI is InChI=1S/C13H24N2O.C12H15NOS/c1-8-4-9-5-10(11(8)15-3)7-13(2,6-9)12(14)16;14-10-12(8-4-5-9-12)13-15-11-6-2-1-3-7-11/h8-11,15H,4-7H2,1-3H3,(H2,14,16);1-3,6-7,10,13H,4-5,8-9H2. The maximum Gasteiger partial charge on any atom is 0.223 e. The largest absolute Gasteiger partial charge is 0.369 e. The van der Waals surface area contributed by atoms with Crippen LogP contribution in [0.1, 0.15) is 65.2 Å². The maximum atomic E-state index is 11.6. The Labute approximate surface area is 191 Å². The van der Waals surface area contributed by atoms with Gasteiger partial charge in [-0.15, -0.1) is 0 Å². The number of fused-ring (bicyclic) bond motifs is 2. The van der Waals surface area contributed by atoms with Crippen molar-refractivity contribution in [1.29, 1.82) is 0 Å². The molecule has 4 rings (SSSR count). The van der Waals surface area contributed by atoms with Crippen molar-refractivity contribution in [1.82, 2.24) is 10.0 Å². The minimum Gasteiger partial charge on any atom is -0.369 e. The van der Waals surface area contributed by atoms with E-state index in [-0.39, 0.29) is 16.9 Å². The molecule has 0 radical (unpaired) electrons. The van der Waals surface area contributed by atoms with E-state index in [4.69, 9.17) is 5.73 Å². The second kappa shape index (κ2) is 10.5. The maximum absolute atomic E-state index is 11.6. The molecule has 0 heterocycles. The Morgan fingerprint density at radius 1 is 1.16 bits per heavy atom. The van der Waals surface area contributed by atoms with Crippen molar-refractivity contribution < 1.29 is 9.59 Å². The normalized spacial score (nSPS) is 33.8. The van der Waals surface area contributed by atoms with E-state index in [2.05, 4.69) is 23.9 Å². The molecule has 1 aromatic rings. The minimum atomic E-state index is -0.277. The van der Waals surface area contributed by atoms with Crippen molar-refractivity contribution >= 4 is 24.1 Å². The fourth-order valence-corrected chi connectivity index (χ4v) is 6.97. The number of nitrogens with one attached hydrogen (secondary N) is 2. The minimum absolute atomic E-state index is 0.105. The number of hydrogen-bond donors (Lipinski definition) is 3. The zero-order valence-electron chi connectivity index (χ0n) is 19.2. The van der Waals surface area contributed by atoms with Gasteiger partial charge in [-0.05, 0) is 87.4 Å². The summed E-state index contributed by atoms with van der Waals surface area (Å²) in [6.45, 7) is 4.38. The van der Waals surface area contributed by atoms with Crippen molar-refractivity contribution in [2.24, 2.45) is 28.9 Å². The van der Waals surface area contributed by atoms with E-state index < -0.39 is 0 Å². The molecule has 6 heteroatoms. The number of nitrogens with two attached hydrogens (primary N) is 1. The fourth-order valence-electron chi connectivity index (χ4n) is 6.10. The summed E-state index contributed by atoms with van der Waals surface area (Å²) >= 11 is 1.56. The Kier molecular flexibility index (Phi) is 8.22. The summed E-state index contributed by atoms with van der Waals surface area (Å²) in [6, 6.07) is 10.7. The molecule has 0 spiro atoms. The Balaban J connectivity index is 0.000000176. The fraction of sp³-hybridized carbons (Fsp3) is 0.680. The molecule has 172 valence electrons. The summed E-state index contributed by atoms with van der Waals surface area (Å²) < 4.78 is 3.31. The van der Waals surface area contributed by atoms with E-state index in [0.717, 1.165) is 55.6 Å². The molecule has 4 N–H and O–H groups in total. The van der Waals surface area contributed by atoms with Crippen LogP contribution in [-0.2, 0) is 9.59 Å². The van der Waals surface area contributed by atoms with Crippen LogP contribution in [0.2, 0.25) is 0 Å². The summed E-state index contributed by atoms with van der Waals surface area (Å²) in [4.78, 5) is 23.8. The Morgan fingerprint density at radius 2 is 1.84 bits per heavy atom. The first-order chi connectivity index (χ1) is 14.8. The van der Waals surface area contributed by atoms with Gasteiger partial charge in [0.05, 0.1) is 5.54 Å². The SMILES string of the molecule is CNC1C(C)CC2CC1CC(C)(C(N)=O)C2.O=CC1(NSc2ccccc2)CCCC1. The molecule has 3 aliphatic rings. The first-order valence-electron chi connectivity index (χ1n) is 11.7. The molecule has 3 saturated carbocycles. The number of hydrogen-bond acceptors (Lipinski definition) is 5. The highest BCUT2D eigenvalue weighted by molar-refractivity contribution is 7.97. The second-order valence-corrected chi connectivity index (χ2v) is 11.1. The van der Waals surface area contributed by atoms with Gasteiger partial charge in [-0.1, -0.05) is 44.9 Å². The molecule has 3 aliphatic carbocycles. The Bertz CT molecular complexity index is 736. The zero-order chi connectivity index (χ0) is 22.5. The monoisotopic (exact) mass is 445 g/mol. The number of benzene rings is 1. The molecule has 5 atom stereocenters. The van der Waals surface area contributed by atoms with Gasteiger partial charge in [-0.2, -0.15) is 0 Å². The average Bonchev–Trinajstić information content (AvgIpc) is 3.23. The molecule has 5 unspecified atom stereocenters. The van der Waals surface area contributed by atoms with E-state index in [1.165, 1.54) is 12.8 Å². The summed E-state index contributed by atoms with van der Waals surface area (Å²) in [5.74, 6) is 1.96. The lowest BCUT2D eigenvalue weighted by Gasteiger charge is -2.49. The molecule has 0 aromatic heterocycles. The smallest absolute Gasteiger partial charge is 0.223 e. The molecule has 0 saturated heterocycles. The lowest BCUT2D eigenvalue weighted by molar-refractivity contribution is -0.132. The predicted octanol–water partition coefficient (Wildman–Crippen LogP) is 4.32. The van der Waals surface area contributed by atoms with Crippen molar-refractivity contribution in [3.05, 3.63) is 30.3 Å². The van der Waals surface area contributed by atoms with Gasteiger partial charge in [0.15, 0.2) is 0 Å². The average molecular weight is 446 g/mol. The molecular formula is C25H39N3O2S. The van der Waals surface area contributed by atoms with E-state index in [1.807, 2.05) is 37.4 Å². The Hall–Kier alpha value is -1.37. The van der Waals surface area contributed by atoms with Crippen molar-refractivity contribution in [2.75, 3.05) is 7.05 Å². The molecule has 31 heavy (non-hydrogen) atoms. The van der Waals surface area contributed by atoms with Crippen LogP contribution in [0.4, 0.5) is 0 Å². The van der Waals surface area contributed by atoms with Crippen molar-refractivity contribution in [2.45, 2.75) is 81.7 Å². The van der Waals surface area contributed by atoms with Crippen LogP contribution in [0.15, 0.2) is 35.2 Å². The first-order valence-corrected chi connectivity index (χ1v) is 12.5. The van der Waals surface area contributed by atoms with Gasteiger partial charge in [0, 0.05) is 16.4 Å². The highest BCUT2D eigenvalue weighted by Crippen LogP contribution is 2.50. The van der Waals surface area contributed by atoms with Crippen molar-refractivity contribution in [3.8, 4) is 0 Å². The third-order valence-electron chi connectivity index (χ3n) is 7.68. The van der Waals surface area contributed by atoms with Crippen LogP contribution in [-0.4, -0.2) is 30.8 Å². The third-order valence-corrected chi connectivity index (χ3v) is 8.70. The molecule has 3 fully saturated rings. The second-order valence-electron chi connectivity index (χ2n) is 10.2. The quantitative estimate of drug-likeness (QED) is 0.449. The third kappa shape index (κ3) is 5.91. The lowest BCUT2D eigenvalue weighted by Crippen LogP contribution is -2.52. The molecule has 1 aromatic carbocycles. The van der Waals surface area contributed by atoms with E-state index in [0.29, 0.717) is 17.9 Å². The highest BCUT2D eigenvalue weighted by Gasteiger charge is 2.47. The number of rotatable bonds is 6. The van der Waals surface area contributed by atoms with Gasteiger partial charge in [-0.3, -0.25) is 4.79 Å². The summed E-state index contributed by atoms with van der Waals surface area (Å²) in [5.41, 5.74) is 5.03. The van der Waals surface area contributed by atoms with E-state index in [1.54, 1.807) is 11.9 Å². The van der Waals surface area contributed by atoms with Crippen LogP contribution < -0.4 is 15.8 Å². The van der Waals surface area contributed by atoms with Crippen LogP contribution >= 0.6 is 11.9 Å². The van der Waals surface area contributed by atoms with Crippen LogP contribution in [0.3, 0.4) is 0 Å². The van der Waals surface area contributed by atoms with Gasteiger partial charge < -0.3 is 15.8 Å². The van der Waals surface area contributed by atoms with Crippen molar-refractivity contribution in [3.63, 3.8) is 0 Å². The molecule has 1 amide bonds. The number of aldehydes is 1. The molecule has 0 aliphatic heterocycles. The van der Waals surface area contributed by atoms with Crippen LogP contribution in [0.25, 0.3) is 0 Å². The molecule has 2 bridgehead atoms. The Morgan fingerprint density at radius 3 is 2.42 bits per heavy atom. The molecular weight excluding hydrogens is 406 g/mol. The first kappa shape index (κ1) is 24.3. The van der Waals surface area contributed by atoms with Gasteiger partial charge in [-0.25, -0.2) is 4.72 Å². The summed E-state index contributed by atoms with van der Waals surface area (Å²) in [5, 5.41) is 3.43.